The molecule has 1 nitrogen and oxygen atoms in total. The third-order valence-electron chi connectivity index (χ3n) is 13.5. The molecule has 0 atom stereocenters. The number of alkyl halides is 3. The van der Waals surface area contributed by atoms with E-state index in [1.54, 1.807) is 25.1 Å². The van der Waals surface area contributed by atoms with Crippen LogP contribution in [-0.2, 0) is 12.7 Å². The lowest BCUT2D eigenvalue weighted by Crippen LogP contribution is -2.07. The highest BCUT2D eigenvalue weighted by molar-refractivity contribution is 6.42. The summed E-state index contributed by atoms with van der Waals surface area (Å²) in [6.07, 6.45) is -2.28. The average Bonchev–Trinajstić information content (AvgIpc) is 3.90. The molecule has 8 rings (SSSR count). The third kappa shape index (κ3) is 25.9. The Balaban J connectivity index is 0.000000478. The maximum atomic E-state index is 13.0. The van der Waals surface area contributed by atoms with Gasteiger partial charge in [0.2, 0.25) is 0 Å². The van der Waals surface area contributed by atoms with Gasteiger partial charge in [-0.2, -0.15) is 13.2 Å². The van der Waals surface area contributed by atoms with E-state index >= 15 is 0 Å². The van der Waals surface area contributed by atoms with Crippen LogP contribution >= 0.6 is 46.4 Å². The van der Waals surface area contributed by atoms with Crippen LogP contribution < -0.4 is 0 Å². The van der Waals surface area contributed by atoms with E-state index in [0.717, 1.165) is 56.0 Å². The summed E-state index contributed by atoms with van der Waals surface area (Å²) in [7, 11) is 0. The zero-order valence-corrected chi connectivity index (χ0v) is 54.3. The summed E-state index contributed by atoms with van der Waals surface area (Å²) in [5.41, 5.74) is 14.9. The lowest BCUT2D eigenvalue weighted by molar-refractivity contribution is -0.138. The van der Waals surface area contributed by atoms with E-state index in [1.807, 2.05) is 103 Å². The monoisotopic (exact) mass is 1210 g/mol. The Hall–Kier alpha value is -4.98. The zero-order chi connectivity index (χ0) is 61.6. The van der Waals surface area contributed by atoms with Gasteiger partial charge in [-0.25, -0.2) is 8.78 Å². The molecule has 10 heteroatoms. The molecule has 0 radical (unpaired) electrons. The van der Waals surface area contributed by atoms with Crippen LogP contribution in [0.15, 0.2) is 132 Å². The van der Waals surface area contributed by atoms with Gasteiger partial charge in [0.25, 0.3) is 0 Å². The number of nitrogens with zero attached hydrogens (tertiary/aromatic N) is 1. The highest BCUT2D eigenvalue weighted by Gasteiger charge is 2.32. The second-order valence-electron chi connectivity index (χ2n) is 22.8. The molecule has 7 aromatic rings. The summed E-state index contributed by atoms with van der Waals surface area (Å²) in [6.45, 7) is 39.8. The fourth-order valence-electron chi connectivity index (χ4n) is 7.91. The molecule has 0 unspecified atom stereocenters. The summed E-state index contributed by atoms with van der Waals surface area (Å²) in [6, 6.07) is 39.6. The molecule has 0 amide bonds. The van der Waals surface area contributed by atoms with Crippen LogP contribution in [0.4, 0.5) is 22.0 Å². The lowest BCUT2D eigenvalue weighted by atomic mass is 9.98. The number of aryl methyl sites for hydroxylation is 5. The van der Waals surface area contributed by atoms with Gasteiger partial charge >= 0.3 is 6.18 Å². The first-order chi connectivity index (χ1) is 37.6. The lowest BCUT2D eigenvalue weighted by Gasteiger charge is -2.13. The number of aliphatic imine (C=N–C) groups is 1. The van der Waals surface area contributed by atoms with Crippen LogP contribution in [0.2, 0.25) is 20.1 Å². The van der Waals surface area contributed by atoms with Crippen molar-refractivity contribution < 1.29 is 22.0 Å². The smallest absolute Gasteiger partial charge is 0.288 e. The maximum Gasteiger partial charge on any atom is 0.416 e. The first kappa shape index (κ1) is 75.0. The van der Waals surface area contributed by atoms with E-state index in [-0.39, 0.29) is 30.9 Å². The van der Waals surface area contributed by atoms with Crippen LogP contribution in [0.3, 0.4) is 0 Å². The zero-order valence-electron chi connectivity index (χ0n) is 51.3. The van der Waals surface area contributed by atoms with Gasteiger partial charge in [0, 0.05) is 16.3 Å². The van der Waals surface area contributed by atoms with Gasteiger partial charge in [-0.1, -0.05) is 241 Å². The Morgan fingerprint density at radius 1 is 0.378 bits per heavy atom. The van der Waals surface area contributed by atoms with Crippen LogP contribution in [0, 0.1) is 46.3 Å². The summed E-state index contributed by atoms with van der Waals surface area (Å²) < 4.78 is 62.9. The average molecular weight is 1210 g/mol. The molecule has 1 aliphatic rings. The van der Waals surface area contributed by atoms with E-state index in [4.69, 9.17) is 46.4 Å². The van der Waals surface area contributed by atoms with Gasteiger partial charge in [0.1, 0.15) is 11.6 Å². The molecule has 0 spiro atoms. The van der Waals surface area contributed by atoms with Crippen LogP contribution in [-0.4, -0.2) is 6.21 Å². The minimum absolute atomic E-state index is 0. The van der Waals surface area contributed by atoms with Crippen molar-refractivity contribution in [1.82, 2.24) is 0 Å². The van der Waals surface area contributed by atoms with Crippen LogP contribution in [0.25, 0.3) is 0 Å². The Labute approximate surface area is 512 Å². The molecule has 0 aromatic heterocycles. The van der Waals surface area contributed by atoms with Crippen LogP contribution in [0.5, 0.6) is 0 Å². The van der Waals surface area contributed by atoms with Gasteiger partial charge in [-0.3, -0.25) is 4.99 Å². The molecule has 448 valence electrons. The van der Waals surface area contributed by atoms with Crippen molar-refractivity contribution in [2.24, 2.45) is 4.99 Å². The maximum absolute atomic E-state index is 13.0. The first-order valence-electron chi connectivity index (χ1n) is 27.9. The van der Waals surface area contributed by atoms with Crippen molar-refractivity contribution in [2.75, 3.05) is 0 Å². The number of fused-ring (bicyclic) bond motifs is 1. The molecule has 82 heavy (non-hydrogen) atoms. The van der Waals surface area contributed by atoms with Crippen molar-refractivity contribution >= 4 is 52.6 Å². The van der Waals surface area contributed by atoms with Gasteiger partial charge in [0.15, 0.2) is 0 Å². The summed E-state index contributed by atoms with van der Waals surface area (Å²) >= 11 is 23.4. The molecule has 1 aliphatic heterocycles. The van der Waals surface area contributed by atoms with E-state index in [2.05, 4.69) is 117 Å². The predicted molar refractivity (Wildman–Crippen MR) is 350 cm³/mol. The van der Waals surface area contributed by atoms with E-state index < -0.39 is 11.7 Å². The highest BCUT2D eigenvalue weighted by atomic mass is 35.5. The fourth-order valence-corrected chi connectivity index (χ4v) is 8.45. The number of hydrogen-bond donors (Lipinski definition) is 0. The molecule has 0 fully saturated rings. The van der Waals surface area contributed by atoms with Gasteiger partial charge in [-0.05, 0) is 191 Å². The number of rotatable bonds is 7. The predicted octanol–water partition coefficient (Wildman–Crippen LogP) is 25.7. The second-order valence-corrected chi connectivity index (χ2v) is 24.4. The van der Waals surface area contributed by atoms with Gasteiger partial charge in [0.05, 0.1) is 22.2 Å². The molecule has 0 saturated carbocycles. The summed E-state index contributed by atoms with van der Waals surface area (Å²) in [5.74, 6) is 3.11. The summed E-state index contributed by atoms with van der Waals surface area (Å²) in [5, 5.41) is 2.97. The molecule has 7 aromatic carbocycles. The molecule has 0 bridgehead atoms. The van der Waals surface area contributed by atoms with Crippen molar-refractivity contribution in [1.29, 1.82) is 0 Å². The standard InChI is InChI=1S/C11H13F3.C11H13N.2C10H13Cl.2C10H13F.C9H10Cl2.CH4/c1-7(2)9-4-5-10(8(3)6-9)11(12,13)14;1-8(2)9-3-4-10-6-12-7-11(10)5-9;3*1-7(2)9-4-5-10(11)8(3)6-9;1-7(2)9-6-8(3)4-5-10(9)11;1-6(2)7-3-4-8(10)9(11)5-7;/h4-7H,1-3H3;3-6,8H,7H2,1-2H3;4*4-7H,1-3H3;3-6H,1-2H3;1H4. The quantitative estimate of drug-likeness (QED) is 0.141. The Morgan fingerprint density at radius 2 is 0.744 bits per heavy atom. The van der Waals surface area contributed by atoms with Crippen molar-refractivity contribution in [2.45, 2.75) is 193 Å². The molecule has 1 heterocycles. The van der Waals surface area contributed by atoms with Gasteiger partial charge < -0.3 is 0 Å². The van der Waals surface area contributed by atoms with E-state index in [1.165, 1.54) is 58.0 Å². The molecule has 0 aliphatic carbocycles. The minimum atomic E-state index is -4.24. The topological polar surface area (TPSA) is 12.4 Å². The minimum Gasteiger partial charge on any atom is -0.288 e. The number of benzene rings is 7. The Bertz CT molecular complexity index is 2850. The number of halogens is 9. The summed E-state index contributed by atoms with van der Waals surface area (Å²) in [4.78, 5) is 4.23. The molecular weight excluding hydrogens is 1120 g/mol. The highest BCUT2D eigenvalue weighted by Crippen LogP contribution is 2.33. The van der Waals surface area contributed by atoms with Crippen molar-refractivity contribution in [3.05, 3.63) is 243 Å². The molecule has 0 N–H and O–H groups in total. The van der Waals surface area contributed by atoms with Gasteiger partial charge in [-0.15, -0.1) is 0 Å². The number of hydrogen-bond acceptors (Lipinski definition) is 1. The Kier molecular flexibility index (Phi) is 32.9. The normalized spacial score (nSPS) is 11.3. The molecular formula is C72H92Cl4F5N. The van der Waals surface area contributed by atoms with E-state index in [9.17, 15) is 22.0 Å². The fraction of sp³-hybridized carbons (Fsp3) is 0.403. The first-order valence-corrected chi connectivity index (χ1v) is 29.4. The third-order valence-corrected chi connectivity index (χ3v) is 15.1. The Morgan fingerprint density at radius 3 is 1.12 bits per heavy atom. The molecule has 0 saturated heterocycles. The second kappa shape index (κ2) is 36.0. The van der Waals surface area contributed by atoms with Crippen LogP contribution in [0.1, 0.15) is 229 Å². The van der Waals surface area contributed by atoms with E-state index in [0.29, 0.717) is 45.2 Å². The SMILES string of the molecule is C.CC(C)c1ccc(Cl)c(Cl)c1.CC(C)c1ccc2c(c1)CN=C2.Cc1cc(C(C)C)ccc1C(F)(F)F.Cc1cc(C(C)C)ccc1Cl.Cc1cc(C(C)C)ccc1Cl.Cc1cc(C(C)C)ccc1F.Cc1ccc(F)c(C(C)C)c1. The van der Waals surface area contributed by atoms with Crippen molar-refractivity contribution in [3.8, 4) is 0 Å². The largest absolute Gasteiger partial charge is 0.416 e. The van der Waals surface area contributed by atoms with Crippen molar-refractivity contribution in [3.63, 3.8) is 0 Å².